The number of carboxylic acids is 1. The number of anilines is 1. The van der Waals surface area contributed by atoms with E-state index in [1.165, 1.54) is 6.07 Å². The molecule has 0 saturated carbocycles. The van der Waals surface area contributed by atoms with E-state index in [-0.39, 0.29) is 11.4 Å². The lowest BCUT2D eigenvalue weighted by Crippen LogP contribution is -2.29. The molecule has 0 fully saturated rings. The van der Waals surface area contributed by atoms with Gasteiger partial charge in [-0.3, -0.25) is 14.5 Å². The molecule has 11 heteroatoms. The van der Waals surface area contributed by atoms with Gasteiger partial charge >= 0.3 is 11.7 Å². The molecular weight excluding hydrogens is 304 g/mol. The number of hydrogen-bond acceptors (Lipinski definition) is 6. The fourth-order valence-corrected chi connectivity index (χ4v) is 2.42. The molecule has 2 rings (SSSR count). The Bertz CT molecular complexity index is 913. The summed E-state index contributed by atoms with van der Waals surface area (Å²) < 4.78 is 25.9. The number of rotatable bonds is 4. The first-order valence-corrected chi connectivity index (χ1v) is 6.82. The molecule has 0 aromatic carbocycles. The van der Waals surface area contributed by atoms with Gasteiger partial charge in [0.05, 0.1) is 5.56 Å². The number of nitrogens with zero attached hydrogens (tertiary/aromatic N) is 1. The first-order valence-electron chi connectivity index (χ1n) is 5.34. The van der Waals surface area contributed by atoms with E-state index < -0.39 is 32.1 Å². The number of aromatic amines is 2. The molecule has 0 atom stereocenters. The van der Waals surface area contributed by atoms with Crippen LogP contribution in [0.5, 0.6) is 0 Å². The predicted octanol–water partition coefficient (Wildman–Crippen LogP) is -1.04. The summed E-state index contributed by atoms with van der Waals surface area (Å²) in [6.07, 6.45) is 1.82. The number of aromatic nitrogens is 3. The van der Waals surface area contributed by atoms with Gasteiger partial charge in [-0.15, -0.1) is 0 Å². The Hall–Kier alpha value is -2.95. The number of nitrogens with one attached hydrogen (secondary N) is 3. The van der Waals surface area contributed by atoms with E-state index in [9.17, 15) is 22.8 Å². The number of H-pyrrole nitrogens is 2. The number of aromatic carboxylic acids is 1. The highest BCUT2D eigenvalue weighted by atomic mass is 32.2. The van der Waals surface area contributed by atoms with Crippen molar-refractivity contribution in [1.82, 2.24) is 15.0 Å². The predicted molar refractivity (Wildman–Crippen MR) is 69.7 cm³/mol. The highest BCUT2D eigenvalue weighted by Gasteiger charge is 2.20. The third-order valence-corrected chi connectivity index (χ3v) is 3.68. The van der Waals surface area contributed by atoms with Crippen molar-refractivity contribution in [3.63, 3.8) is 0 Å². The molecule has 0 aliphatic carbocycles. The average Bonchev–Trinajstić information content (AvgIpc) is 2.37. The van der Waals surface area contributed by atoms with Crippen molar-refractivity contribution in [2.24, 2.45) is 0 Å². The molecule has 0 amide bonds. The van der Waals surface area contributed by atoms with Crippen molar-refractivity contribution in [1.29, 1.82) is 0 Å². The molecule has 0 saturated heterocycles. The van der Waals surface area contributed by atoms with Gasteiger partial charge in [0.1, 0.15) is 5.82 Å². The minimum atomic E-state index is -4.32. The van der Waals surface area contributed by atoms with Gasteiger partial charge in [0, 0.05) is 12.4 Å². The van der Waals surface area contributed by atoms with Gasteiger partial charge in [0.25, 0.3) is 15.6 Å². The minimum Gasteiger partial charge on any atom is -0.478 e. The fourth-order valence-electron chi connectivity index (χ4n) is 1.41. The molecule has 2 heterocycles. The lowest BCUT2D eigenvalue weighted by atomic mass is 10.3. The normalized spacial score (nSPS) is 11.0. The zero-order chi connectivity index (χ0) is 15.6. The van der Waals surface area contributed by atoms with E-state index >= 15 is 0 Å². The third-order valence-electron chi connectivity index (χ3n) is 2.32. The lowest BCUT2D eigenvalue weighted by Gasteiger charge is -2.06. The fraction of sp³-hybridized carbons (Fsp3) is 0. The monoisotopic (exact) mass is 312 g/mol. The zero-order valence-corrected chi connectivity index (χ0v) is 11.0. The molecule has 0 radical (unpaired) electrons. The Morgan fingerprint density at radius 1 is 1.33 bits per heavy atom. The van der Waals surface area contributed by atoms with Crippen LogP contribution in [-0.2, 0) is 10.0 Å². The van der Waals surface area contributed by atoms with E-state index in [0.717, 1.165) is 18.5 Å². The molecule has 0 bridgehead atoms. The number of carbonyl (C=O) groups is 1. The Balaban J connectivity index is 2.42. The Morgan fingerprint density at radius 3 is 2.67 bits per heavy atom. The summed E-state index contributed by atoms with van der Waals surface area (Å²) in [4.78, 5) is 39.8. The van der Waals surface area contributed by atoms with Crippen LogP contribution in [0.25, 0.3) is 0 Å². The summed E-state index contributed by atoms with van der Waals surface area (Å²) in [6.45, 7) is 0. The second-order valence-electron chi connectivity index (χ2n) is 3.78. The first kappa shape index (κ1) is 14.5. The van der Waals surface area contributed by atoms with Gasteiger partial charge in [-0.05, 0) is 12.1 Å². The molecule has 0 unspecified atom stereocenters. The molecule has 10 nitrogen and oxygen atoms in total. The summed E-state index contributed by atoms with van der Waals surface area (Å²) >= 11 is 0. The lowest BCUT2D eigenvalue weighted by molar-refractivity contribution is 0.0697. The SMILES string of the molecule is O=C(O)c1ccnc(NS(=O)(=O)c2c[nH]c(=O)[nH]c2=O)c1. The number of pyridine rings is 1. The largest absolute Gasteiger partial charge is 0.478 e. The van der Waals surface area contributed by atoms with E-state index in [0.29, 0.717) is 0 Å². The average molecular weight is 312 g/mol. The topological polar surface area (TPSA) is 162 Å². The standard InChI is InChI=1S/C10H8N4O6S/c15-8-6(4-12-10(18)13-8)21(19,20)14-7-3-5(9(16)17)1-2-11-7/h1-4H,(H,11,14)(H,16,17)(H2,12,13,15,18). The van der Waals surface area contributed by atoms with Gasteiger partial charge in [-0.2, -0.15) is 0 Å². The smallest absolute Gasteiger partial charge is 0.335 e. The van der Waals surface area contributed by atoms with E-state index in [4.69, 9.17) is 5.11 Å². The van der Waals surface area contributed by atoms with Crippen molar-refractivity contribution >= 4 is 21.8 Å². The van der Waals surface area contributed by atoms with Crippen LogP contribution in [0.3, 0.4) is 0 Å². The van der Waals surface area contributed by atoms with Crippen LogP contribution in [0.4, 0.5) is 5.82 Å². The highest BCUT2D eigenvalue weighted by molar-refractivity contribution is 7.92. The van der Waals surface area contributed by atoms with Crippen LogP contribution in [0.1, 0.15) is 10.4 Å². The molecular formula is C10H8N4O6S. The summed E-state index contributed by atoms with van der Waals surface area (Å²) in [5.41, 5.74) is -2.15. The highest BCUT2D eigenvalue weighted by Crippen LogP contribution is 2.11. The van der Waals surface area contributed by atoms with Gasteiger partial charge in [0.2, 0.25) is 0 Å². The van der Waals surface area contributed by atoms with Gasteiger partial charge in [-0.1, -0.05) is 0 Å². The van der Waals surface area contributed by atoms with E-state index in [1.807, 2.05) is 9.71 Å². The van der Waals surface area contributed by atoms with Crippen LogP contribution in [0.15, 0.2) is 39.0 Å². The van der Waals surface area contributed by atoms with Crippen molar-refractivity contribution in [3.8, 4) is 0 Å². The van der Waals surface area contributed by atoms with Crippen molar-refractivity contribution in [2.45, 2.75) is 4.90 Å². The van der Waals surface area contributed by atoms with E-state index in [2.05, 4.69) is 4.98 Å². The molecule has 2 aromatic heterocycles. The Morgan fingerprint density at radius 2 is 2.05 bits per heavy atom. The molecule has 110 valence electrons. The summed E-state index contributed by atoms with van der Waals surface area (Å²) in [5, 5.41) is 8.80. The molecule has 21 heavy (non-hydrogen) atoms. The van der Waals surface area contributed by atoms with Gasteiger partial charge in [0.15, 0.2) is 4.90 Å². The Labute approximate surface area is 116 Å². The van der Waals surface area contributed by atoms with Crippen LogP contribution >= 0.6 is 0 Å². The van der Waals surface area contributed by atoms with E-state index in [1.54, 1.807) is 4.98 Å². The maximum atomic E-state index is 12.0. The molecule has 0 spiro atoms. The zero-order valence-electron chi connectivity index (χ0n) is 10.2. The quantitative estimate of drug-likeness (QED) is 0.560. The number of sulfonamides is 1. The molecule has 0 aliphatic rings. The molecule has 0 aliphatic heterocycles. The van der Waals surface area contributed by atoms with Crippen LogP contribution in [0, 0.1) is 0 Å². The van der Waals surface area contributed by atoms with Crippen molar-refractivity contribution in [3.05, 3.63) is 50.9 Å². The van der Waals surface area contributed by atoms with Crippen molar-refractivity contribution in [2.75, 3.05) is 4.72 Å². The van der Waals surface area contributed by atoms with Crippen LogP contribution in [-0.4, -0.2) is 34.4 Å². The minimum absolute atomic E-state index is 0.182. The Kier molecular flexibility index (Phi) is 3.58. The van der Waals surface area contributed by atoms with Gasteiger partial charge < -0.3 is 10.1 Å². The number of hydrogen-bond donors (Lipinski definition) is 4. The second kappa shape index (κ2) is 5.20. The van der Waals surface area contributed by atoms with Crippen molar-refractivity contribution < 1.29 is 18.3 Å². The second-order valence-corrected chi connectivity index (χ2v) is 5.43. The van der Waals surface area contributed by atoms with Crippen LogP contribution in [0.2, 0.25) is 0 Å². The summed E-state index contributed by atoms with van der Waals surface area (Å²) in [7, 11) is -4.32. The number of carboxylic acid groups (broad SMARTS) is 1. The molecule has 2 aromatic rings. The maximum Gasteiger partial charge on any atom is 0.335 e. The summed E-state index contributed by atoms with van der Waals surface area (Å²) in [6, 6.07) is 2.16. The maximum absolute atomic E-state index is 12.0. The first-order chi connectivity index (χ1) is 9.79. The molecule has 4 N–H and O–H groups in total. The van der Waals surface area contributed by atoms with Gasteiger partial charge in [-0.25, -0.2) is 23.0 Å². The summed E-state index contributed by atoms with van der Waals surface area (Å²) in [5.74, 6) is -1.54. The van der Waals surface area contributed by atoms with Crippen LogP contribution < -0.4 is 16.0 Å². The third kappa shape index (κ3) is 3.14.